The second kappa shape index (κ2) is 15.5. The van der Waals surface area contributed by atoms with E-state index < -0.39 is 36.0 Å². The molecule has 3 atom stereocenters. The Balaban J connectivity index is 0.000000456. The highest BCUT2D eigenvalue weighted by Gasteiger charge is 2.13. The van der Waals surface area contributed by atoms with E-state index in [0.717, 1.165) is 5.56 Å². The molecule has 1 heterocycles. The Morgan fingerprint density at radius 1 is 0.875 bits per heavy atom. The number of imidazole rings is 1. The third-order valence-corrected chi connectivity index (χ3v) is 3.96. The number of aromatic amines is 1. The van der Waals surface area contributed by atoms with E-state index in [1.54, 1.807) is 6.20 Å². The summed E-state index contributed by atoms with van der Waals surface area (Å²) in [6.45, 7) is 3.89. The molecule has 0 fully saturated rings. The summed E-state index contributed by atoms with van der Waals surface area (Å²) in [6.07, 6.45) is 4.32. The highest BCUT2D eigenvalue weighted by molar-refractivity contribution is 5.74. The monoisotopic (exact) mass is 451 g/mol. The van der Waals surface area contributed by atoms with Crippen LogP contribution in [-0.2, 0) is 27.2 Å². The Hall–Kier alpha value is -3.28. The van der Waals surface area contributed by atoms with Gasteiger partial charge in [-0.25, -0.2) is 4.98 Å². The molecule has 32 heavy (non-hydrogen) atoms. The van der Waals surface area contributed by atoms with Crippen molar-refractivity contribution in [1.29, 1.82) is 0 Å². The van der Waals surface area contributed by atoms with Crippen molar-refractivity contribution in [3.63, 3.8) is 0 Å². The zero-order valence-electron chi connectivity index (χ0n) is 18.2. The second-order valence-corrected chi connectivity index (χ2v) is 7.42. The third-order valence-electron chi connectivity index (χ3n) is 3.96. The van der Waals surface area contributed by atoms with Gasteiger partial charge in [0.1, 0.15) is 18.1 Å². The summed E-state index contributed by atoms with van der Waals surface area (Å²) in [6, 6.07) is 6.99. The van der Waals surface area contributed by atoms with Gasteiger partial charge in [0, 0.05) is 12.6 Å². The van der Waals surface area contributed by atoms with Crippen LogP contribution in [0.15, 0.2) is 42.9 Å². The number of hydrogen-bond acceptors (Lipinski definition) is 7. The van der Waals surface area contributed by atoms with Gasteiger partial charge in [-0.2, -0.15) is 0 Å². The normalized spacial score (nSPS) is 12.9. The highest BCUT2D eigenvalue weighted by Crippen LogP contribution is 2.02. The van der Waals surface area contributed by atoms with E-state index in [-0.39, 0.29) is 6.42 Å². The molecule has 2 aromatic rings. The number of carboxylic acids is 3. The molecule has 0 radical (unpaired) electrons. The van der Waals surface area contributed by atoms with E-state index in [4.69, 9.17) is 32.5 Å². The molecule has 0 saturated carbocycles. The smallest absolute Gasteiger partial charge is 0.320 e. The van der Waals surface area contributed by atoms with E-state index in [1.807, 2.05) is 44.2 Å². The van der Waals surface area contributed by atoms with Gasteiger partial charge in [0.2, 0.25) is 0 Å². The first kappa shape index (κ1) is 28.7. The van der Waals surface area contributed by atoms with Crippen molar-refractivity contribution in [3.05, 3.63) is 54.1 Å². The Labute approximate surface area is 186 Å². The van der Waals surface area contributed by atoms with E-state index in [0.29, 0.717) is 24.5 Å². The van der Waals surface area contributed by atoms with Gasteiger partial charge in [-0.05, 0) is 24.3 Å². The quantitative estimate of drug-likeness (QED) is 0.279. The molecule has 11 nitrogen and oxygen atoms in total. The van der Waals surface area contributed by atoms with Crippen molar-refractivity contribution in [1.82, 2.24) is 9.97 Å². The van der Waals surface area contributed by atoms with Crippen LogP contribution >= 0.6 is 0 Å². The van der Waals surface area contributed by atoms with Gasteiger partial charge >= 0.3 is 17.9 Å². The van der Waals surface area contributed by atoms with Crippen molar-refractivity contribution in [2.75, 3.05) is 0 Å². The molecular weight excluding hydrogens is 418 g/mol. The topological polar surface area (TPSA) is 219 Å². The Morgan fingerprint density at radius 2 is 1.38 bits per heavy atom. The SMILES string of the molecule is CC(C)C[C@H](N)C(=O)O.N[C@@H](Cc1c[nH]cn1)C(=O)O.N[C@@H](Cc1ccccc1)C(=O)O. The predicted octanol–water partition coefficient (Wildman–Crippen LogP) is 0.450. The summed E-state index contributed by atoms with van der Waals surface area (Å²) >= 11 is 0. The first-order valence-corrected chi connectivity index (χ1v) is 9.90. The summed E-state index contributed by atoms with van der Waals surface area (Å²) in [5.74, 6) is -2.52. The molecule has 0 amide bonds. The van der Waals surface area contributed by atoms with Crippen molar-refractivity contribution < 1.29 is 29.7 Å². The lowest BCUT2D eigenvalue weighted by atomic mass is 10.1. The summed E-state index contributed by atoms with van der Waals surface area (Å²) < 4.78 is 0. The Morgan fingerprint density at radius 3 is 1.75 bits per heavy atom. The van der Waals surface area contributed by atoms with E-state index in [9.17, 15) is 14.4 Å². The number of aromatic nitrogens is 2. The number of H-pyrrole nitrogens is 1. The zero-order chi connectivity index (χ0) is 24.7. The fourth-order valence-electron chi connectivity index (χ4n) is 2.28. The van der Waals surface area contributed by atoms with Crippen molar-refractivity contribution in [2.24, 2.45) is 23.1 Å². The van der Waals surface area contributed by atoms with Gasteiger partial charge in [-0.15, -0.1) is 0 Å². The number of rotatable bonds is 9. The number of aliphatic carboxylic acids is 3. The molecule has 0 saturated heterocycles. The van der Waals surface area contributed by atoms with Crippen LogP contribution in [0.5, 0.6) is 0 Å². The number of carboxylic acid groups (broad SMARTS) is 3. The fourth-order valence-corrected chi connectivity index (χ4v) is 2.28. The number of nitrogens with one attached hydrogen (secondary N) is 1. The Bertz CT molecular complexity index is 798. The van der Waals surface area contributed by atoms with Gasteiger partial charge < -0.3 is 37.5 Å². The lowest BCUT2D eigenvalue weighted by Gasteiger charge is -2.07. The van der Waals surface area contributed by atoms with Gasteiger partial charge in [0.05, 0.1) is 12.0 Å². The maximum absolute atomic E-state index is 10.4. The molecule has 0 spiro atoms. The number of carbonyl (C=O) groups is 3. The van der Waals surface area contributed by atoms with Gasteiger partial charge in [-0.1, -0.05) is 44.2 Å². The standard InChI is InChI=1S/C9H11NO2.C6H9N3O2.C6H13NO2/c10-8(9(11)12)6-7-4-2-1-3-5-7;7-5(6(10)11)1-4-2-8-3-9-4;1-4(2)3-5(7)6(8)9/h1-5,8H,6,10H2,(H,11,12);2-3,5H,1,7H2,(H,8,9)(H,10,11);4-5H,3,7H2,1-2H3,(H,8,9)/t8-;2*5-/m000/s1. The van der Waals surface area contributed by atoms with E-state index >= 15 is 0 Å². The van der Waals surface area contributed by atoms with Crippen molar-refractivity contribution in [3.8, 4) is 0 Å². The molecule has 0 aliphatic carbocycles. The van der Waals surface area contributed by atoms with Crippen LogP contribution in [0, 0.1) is 5.92 Å². The lowest BCUT2D eigenvalue weighted by molar-refractivity contribution is -0.139. The maximum atomic E-state index is 10.4. The Kier molecular flexibility index (Phi) is 13.9. The van der Waals surface area contributed by atoms with Crippen LogP contribution < -0.4 is 17.2 Å². The summed E-state index contributed by atoms with van der Waals surface area (Å²) in [5.41, 5.74) is 17.4. The minimum atomic E-state index is -1.01. The van der Waals surface area contributed by atoms with E-state index in [2.05, 4.69) is 9.97 Å². The van der Waals surface area contributed by atoms with Crippen LogP contribution in [-0.4, -0.2) is 61.3 Å². The zero-order valence-corrected chi connectivity index (χ0v) is 18.2. The lowest BCUT2D eigenvalue weighted by Crippen LogP contribution is -2.32. The molecule has 2 rings (SSSR count). The van der Waals surface area contributed by atoms with Gasteiger partial charge in [-0.3, -0.25) is 14.4 Å². The maximum Gasteiger partial charge on any atom is 0.320 e. The molecule has 0 unspecified atom stereocenters. The first-order valence-electron chi connectivity index (χ1n) is 9.90. The minimum absolute atomic E-state index is 0.263. The van der Waals surface area contributed by atoms with Crippen LogP contribution in [0.2, 0.25) is 0 Å². The summed E-state index contributed by atoms with van der Waals surface area (Å²) in [5, 5.41) is 25.2. The molecule has 1 aromatic heterocycles. The molecule has 0 aliphatic heterocycles. The highest BCUT2D eigenvalue weighted by atomic mass is 16.4. The number of hydrogen-bond donors (Lipinski definition) is 7. The molecule has 178 valence electrons. The molecule has 0 aliphatic rings. The van der Waals surface area contributed by atoms with Crippen LogP contribution in [0.25, 0.3) is 0 Å². The molecule has 11 heteroatoms. The van der Waals surface area contributed by atoms with Gasteiger partial charge in [0.15, 0.2) is 0 Å². The average Bonchev–Trinajstić information content (AvgIpc) is 3.22. The third kappa shape index (κ3) is 13.9. The van der Waals surface area contributed by atoms with Crippen LogP contribution in [0.4, 0.5) is 0 Å². The number of nitrogens with zero attached hydrogens (tertiary/aromatic N) is 1. The van der Waals surface area contributed by atoms with E-state index in [1.165, 1.54) is 6.33 Å². The average molecular weight is 452 g/mol. The van der Waals surface area contributed by atoms with Crippen molar-refractivity contribution in [2.45, 2.75) is 51.2 Å². The molecule has 10 N–H and O–H groups in total. The molecule has 0 bridgehead atoms. The van der Waals surface area contributed by atoms with Crippen LogP contribution in [0.1, 0.15) is 31.5 Å². The summed E-state index contributed by atoms with van der Waals surface area (Å²) in [4.78, 5) is 37.3. The largest absolute Gasteiger partial charge is 0.480 e. The number of nitrogens with two attached hydrogens (primary N) is 3. The minimum Gasteiger partial charge on any atom is -0.480 e. The first-order chi connectivity index (χ1) is 14.9. The predicted molar refractivity (Wildman–Crippen MR) is 119 cm³/mol. The number of benzene rings is 1. The van der Waals surface area contributed by atoms with Crippen molar-refractivity contribution >= 4 is 17.9 Å². The molecular formula is C21H33N5O6. The fraction of sp³-hybridized carbons (Fsp3) is 0.429. The van der Waals surface area contributed by atoms with Crippen LogP contribution in [0.3, 0.4) is 0 Å². The van der Waals surface area contributed by atoms with Gasteiger partial charge in [0.25, 0.3) is 0 Å². The molecule has 1 aromatic carbocycles. The summed E-state index contributed by atoms with van der Waals surface area (Å²) in [7, 11) is 0. The second-order valence-electron chi connectivity index (χ2n) is 7.42.